The molecular weight excluding hydrogens is 500 g/mol. The molecule has 0 saturated carbocycles. The molecule has 1 aromatic rings. The highest BCUT2D eigenvalue weighted by atomic mass is 127. The minimum atomic E-state index is -4.34. The van der Waals surface area contributed by atoms with Crippen LogP contribution in [0.4, 0.5) is 13.2 Å². The van der Waals surface area contributed by atoms with Crippen LogP contribution in [-0.2, 0) is 15.7 Å². The zero-order chi connectivity index (χ0) is 20.6. The molecule has 2 N–H and O–H groups in total. The van der Waals surface area contributed by atoms with E-state index in [4.69, 9.17) is 9.47 Å². The second kappa shape index (κ2) is 12.6. The molecule has 6 nitrogen and oxygen atoms in total. The molecule has 0 aliphatic carbocycles. The molecule has 2 rings (SSSR count). The van der Waals surface area contributed by atoms with Crippen LogP contribution in [0, 0.1) is 0 Å². The molecule has 10 heteroatoms. The second-order valence-electron chi connectivity index (χ2n) is 6.74. The van der Waals surface area contributed by atoms with E-state index in [1.54, 1.807) is 26.3 Å². The maximum absolute atomic E-state index is 12.9. The quantitative estimate of drug-likeness (QED) is 0.323. The average Bonchev–Trinajstić information content (AvgIpc) is 2.68. The van der Waals surface area contributed by atoms with Crippen molar-refractivity contribution in [2.45, 2.75) is 25.2 Å². The van der Waals surface area contributed by atoms with Crippen molar-refractivity contribution < 1.29 is 22.6 Å². The Morgan fingerprint density at radius 3 is 2.38 bits per heavy atom. The van der Waals surface area contributed by atoms with E-state index < -0.39 is 11.7 Å². The van der Waals surface area contributed by atoms with Gasteiger partial charge in [0.15, 0.2) is 5.96 Å². The van der Waals surface area contributed by atoms with Gasteiger partial charge in [0.1, 0.15) is 0 Å². The van der Waals surface area contributed by atoms with Crippen LogP contribution in [0.15, 0.2) is 29.3 Å². The summed E-state index contributed by atoms with van der Waals surface area (Å²) >= 11 is 0. The maximum atomic E-state index is 12.9. The van der Waals surface area contributed by atoms with Gasteiger partial charge in [-0.2, -0.15) is 13.2 Å². The largest absolute Gasteiger partial charge is 0.416 e. The number of ether oxygens (including phenoxy) is 2. The van der Waals surface area contributed by atoms with Crippen LogP contribution in [0.5, 0.6) is 0 Å². The van der Waals surface area contributed by atoms with Gasteiger partial charge in [-0.1, -0.05) is 12.1 Å². The van der Waals surface area contributed by atoms with Crippen molar-refractivity contribution in [2.24, 2.45) is 4.99 Å². The number of methoxy groups -OCH3 is 1. The summed E-state index contributed by atoms with van der Waals surface area (Å²) in [4.78, 5) is 6.43. The highest BCUT2D eigenvalue weighted by Gasteiger charge is 2.31. The Balaban J connectivity index is 0.00000420. The first-order valence-electron chi connectivity index (χ1n) is 9.30. The van der Waals surface area contributed by atoms with E-state index in [0.29, 0.717) is 32.3 Å². The first-order valence-corrected chi connectivity index (χ1v) is 9.30. The Morgan fingerprint density at radius 2 is 1.86 bits per heavy atom. The molecule has 166 valence electrons. The number of hydrogen-bond donors (Lipinski definition) is 2. The van der Waals surface area contributed by atoms with Gasteiger partial charge in [-0.3, -0.25) is 9.89 Å². The van der Waals surface area contributed by atoms with Gasteiger partial charge in [-0.25, -0.2) is 0 Å². The number of halogens is 4. The molecule has 1 saturated heterocycles. The van der Waals surface area contributed by atoms with Crippen molar-refractivity contribution in [3.8, 4) is 0 Å². The summed E-state index contributed by atoms with van der Waals surface area (Å²) in [6.07, 6.45) is -4.34. The van der Waals surface area contributed by atoms with Crippen LogP contribution in [0.2, 0.25) is 0 Å². The third kappa shape index (κ3) is 8.27. The molecular formula is C19H30F3IN4O2. The van der Waals surface area contributed by atoms with E-state index in [-0.39, 0.29) is 36.1 Å². The molecule has 1 aliphatic heterocycles. The lowest BCUT2D eigenvalue weighted by Gasteiger charge is -2.35. The van der Waals surface area contributed by atoms with Crippen molar-refractivity contribution in [1.29, 1.82) is 0 Å². The first-order chi connectivity index (χ1) is 13.3. The summed E-state index contributed by atoms with van der Waals surface area (Å²) in [7, 11) is 3.31. The molecule has 2 atom stereocenters. The van der Waals surface area contributed by atoms with E-state index in [1.807, 2.05) is 6.92 Å². The van der Waals surface area contributed by atoms with Crippen LogP contribution >= 0.6 is 24.0 Å². The molecule has 0 spiro atoms. The summed E-state index contributed by atoms with van der Waals surface area (Å²) in [5.74, 6) is 0.620. The van der Waals surface area contributed by atoms with Crippen LogP contribution < -0.4 is 10.6 Å². The minimum Gasteiger partial charge on any atom is -0.383 e. The lowest BCUT2D eigenvalue weighted by Crippen LogP contribution is -2.48. The normalized spacial score (nSPS) is 17.9. The number of morpholine rings is 1. The Morgan fingerprint density at radius 1 is 1.24 bits per heavy atom. The van der Waals surface area contributed by atoms with E-state index in [0.717, 1.165) is 30.8 Å². The molecule has 1 heterocycles. The Bertz CT molecular complexity index is 623. The summed E-state index contributed by atoms with van der Waals surface area (Å²) in [5.41, 5.74) is 0.179. The van der Waals surface area contributed by atoms with Crippen LogP contribution in [0.25, 0.3) is 0 Å². The Kier molecular flexibility index (Phi) is 11.2. The van der Waals surface area contributed by atoms with Gasteiger partial charge in [0, 0.05) is 39.8 Å². The molecule has 2 unspecified atom stereocenters. The summed E-state index contributed by atoms with van der Waals surface area (Å²) in [5, 5.41) is 6.51. The van der Waals surface area contributed by atoms with Gasteiger partial charge >= 0.3 is 6.18 Å². The number of guanidine groups is 1. The van der Waals surface area contributed by atoms with Crippen molar-refractivity contribution in [3.63, 3.8) is 0 Å². The number of nitrogens with zero attached hydrogens (tertiary/aromatic N) is 2. The molecule has 0 aromatic heterocycles. The van der Waals surface area contributed by atoms with Crippen LogP contribution in [-0.4, -0.2) is 70.5 Å². The molecule has 29 heavy (non-hydrogen) atoms. The molecule has 0 amide bonds. The maximum Gasteiger partial charge on any atom is 0.416 e. The second-order valence-corrected chi connectivity index (χ2v) is 6.74. The van der Waals surface area contributed by atoms with E-state index >= 15 is 0 Å². The lowest BCUT2D eigenvalue weighted by atomic mass is 10.0. The van der Waals surface area contributed by atoms with Crippen molar-refractivity contribution in [2.75, 3.05) is 53.6 Å². The Labute approximate surface area is 187 Å². The highest BCUT2D eigenvalue weighted by molar-refractivity contribution is 14.0. The van der Waals surface area contributed by atoms with Crippen molar-refractivity contribution in [1.82, 2.24) is 15.5 Å². The number of nitrogens with one attached hydrogen (secondary N) is 2. The van der Waals surface area contributed by atoms with E-state index in [9.17, 15) is 13.2 Å². The fourth-order valence-electron chi connectivity index (χ4n) is 3.15. The topological polar surface area (TPSA) is 58.1 Å². The molecule has 0 bridgehead atoms. The van der Waals surface area contributed by atoms with E-state index in [1.165, 1.54) is 0 Å². The Hall–Kier alpha value is -1.11. The van der Waals surface area contributed by atoms with Crippen molar-refractivity contribution in [3.05, 3.63) is 35.4 Å². The van der Waals surface area contributed by atoms with Crippen LogP contribution in [0.1, 0.15) is 24.1 Å². The zero-order valence-corrected chi connectivity index (χ0v) is 19.3. The van der Waals surface area contributed by atoms with Gasteiger partial charge in [0.25, 0.3) is 0 Å². The van der Waals surface area contributed by atoms with Gasteiger partial charge in [-0.15, -0.1) is 24.0 Å². The number of aliphatic imine (C=N–C) groups is 1. The minimum absolute atomic E-state index is 0. The number of benzene rings is 1. The predicted molar refractivity (Wildman–Crippen MR) is 118 cm³/mol. The summed E-state index contributed by atoms with van der Waals surface area (Å²) < 4.78 is 49.2. The number of rotatable bonds is 7. The predicted octanol–water partition coefficient (Wildman–Crippen LogP) is 2.90. The average molecular weight is 530 g/mol. The molecule has 1 aliphatic rings. The fraction of sp³-hybridized carbons (Fsp3) is 0.632. The third-order valence-corrected chi connectivity index (χ3v) is 4.60. The van der Waals surface area contributed by atoms with Gasteiger partial charge in [0.05, 0.1) is 31.4 Å². The summed E-state index contributed by atoms with van der Waals surface area (Å²) in [6, 6.07) is 5.35. The van der Waals surface area contributed by atoms with Crippen molar-refractivity contribution >= 4 is 29.9 Å². The number of alkyl halides is 3. The number of hydrogen-bond acceptors (Lipinski definition) is 4. The highest BCUT2D eigenvalue weighted by Crippen LogP contribution is 2.31. The molecule has 0 radical (unpaired) electrons. The molecule has 1 aromatic carbocycles. The first kappa shape index (κ1) is 25.9. The SMILES string of the molecule is CN=C(NCC(c1ccc(C(F)(F)F)cc1)N1CCOCC1)NC(C)COC.I. The van der Waals surface area contributed by atoms with Gasteiger partial charge < -0.3 is 20.1 Å². The summed E-state index contributed by atoms with van der Waals surface area (Å²) in [6.45, 7) is 5.67. The van der Waals surface area contributed by atoms with Gasteiger partial charge in [-0.05, 0) is 24.6 Å². The van der Waals surface area contributed by atoms with E-state index in [2.05, 4.69) is 20.5 Å². The smallest absolute Gasteiger partial charge is 0.383 e. The monoisotopic (exact) mass is 530 g/mol. The zero-order valence-electron chi connectivity index (χ0n) is 17.0. The molecule has 1 fully saturated rings. The fourth-order valence-corrected chi connectivity index (χ4v) is 3.15. The lowest BCUT2D eigenvalue weighted by molar-refractivity contribution is -0.137. The third-order valence-electron chi connectivity index (χ3n) is 4.60. The standard InChI is InChI=1S/C19H29F3N4O2.HI/c1-14(13-27-3)25-18(23-2)24-12-17(26-8-10-28-11-9-26)15-4-6-16(7-5-15)19(20,21)22;/h4-7,14,17H,8-13H2,1-3H3,(H2,23,24,25);1H. The van der Waals surface area contributed by atoms with Gasteiger partial charge in [0.2, 0.25) is 0 Å². The van der Waals surface area contributed by atoms with Crippen LogP contribution in [0.3, 0.4) is 0 Å².